The van der Waals surface area contributed by atoms with E-state index in [0.717, 1.165) is 15.8 Å². The average Bonchev–Trinajstić information content (AvgIpc) is 3.05. The Morgan fingerprint density at radius 1 is 1.24 bits per heavy atom. The van der Waals surface area contributed by atoms with Crippen molar-refractivity contribution in [2.45, 2.75) is 20.6 Å². The van der Waals surface area contributed by atoms with Crippen molar-refractivity contribution >= 4 is 27.7 Å². The lowest BCUT2D eigenvalue weighted by Gasteiger charge is -2.09. The van der Waals surface area contributed by atoms with Crippen molar-refractivity contribution in [3.63, 3.8) is 0 Å². The van der Waals surface area contributed by atoms with Gasteiger partial charge in [0.1, 0.15) is 11.6 Å². The van der Waals surface area contributed by atoms with E-state index in [-0.39, 0.29) is 12.6 Å². The van der Waals surface area contributed by atoms with Crippen molar-refractivity contribution in [1.29, 1.82) is 0 Å². The molecule has 25 heavy (non-hydrogen) atoms. The third kappa shape index (κ3) is 4.45. The van der Waals surface area contributed by atoms with Gasteiger partial charge in [0, 0.05) is 16.9 Å². The number of carbonyl (C=O) groups is 1. The fraction of sp³-hybridized carbons (Fsp3) is 0.167. The van der Waals surface area contributed by atoms with Gasteiger partial charge in [-0.2, -0.15) is 5.10 Å². The largest absolute Gasteiger partial charge is 0.471 e. The summed E-state index contributed by atoms with van der Waals surface area (Å²) in [5.74, 6) is 0.945. The number of hydrogen-bond donors (Lipinski definition) is 1. The molecule has 0 radical (unpaired) electrons. The highest BCUT2D eigenvalue weighted by Gasteiger charge is 2.11. The summed E-state index contributed by atoms with van der Waals surface area (Å²) in [5, 5.41) is 6.93. The van der Waals surface area contributed by atoms with Crippen LogP contribution in [-0.2, 0) is 6.73 Å². The maximum Gasteiger partial charge on any atom is 0.277 e. The maximum absolute atomic E-state index is 12.2. The summed E-state index contributed by atoms with van der Waals surface area (Å²) in [6.07, 6.45) is 3.32. The standard InChI is InChI=1S/C18H17BrN4O2/c1-12-3-5-16(13(2)9-12)25-11-23-8-7-15(22-23)18(24)21-17-6-4-14(19)10-20-17/h3-10H,11H2,1-2H3,(H,20,21,24). The second kappa shape index (κ2) is 7.48. The fourth-order valence-corrected chi connectivity index (χ4v) is 2.52. The number of aromatic nitrogens is 3. The van der Waals surface area contributed by atoms with Crippen LogP contribution >= 0.6 is 15.9 Å². The van der Waals surface area contributed by atoms with Gasteiger partial charge in [0.25, 0.3) is 5.91 Å². The number of carbonyl (C=O) groups excluding carboxylic acids is 1. The quantitative estimate of drug-likeness (QED) is 0.703. The van der Waals surface area contributed by atoms with E-state index in [2.05, 4.69) is 37.4 Å². The third-order valence-corrected chi connectivity index (χ3v) is 3.99. The number of benzene rings is 1. The van der Waals surface area contributed by atoms with Gasteiger partial charge in [-0.05, 0) is 59.6 Å². The van der Waals surface area contributed by atoms with E-state index in [0.29, 0.717) is 11.5 Å². The Labute approximate surface area is 154 Å². The van der Waals surface area contributed by atoms with Crippen LogP contribution in [-0.4, -0.2) is 20.7 Å². The van der Waals surface area contributed by atoms with Gasteiger partial charge in [0.15, 0.2) is 12.4 Å². The molecule has 6 nitrogen and oxygen atoms in total. The van der Waals surface area contributed by atoms with Crippen molar-refractivity contribution in [2.24, 2.45) is 0 Å². The molecule has 0 aliphatic heterocycles. The number of anilines is 1. The average molecular weight is 401 g/mol. The van der Waals surface area contributed by atoms with Gasteiger partial charge in [0.05, 0.1) is 0 Å². The lowest BCUT2D eigenvalue weighted by atomic mass is 10.1. The molecule has 0 aliphatic rings. The second-order valence-corrected chi connectivity index (χ2v) is 6.51. The first kappa shape index (κ1) is 17.2. The molecule has 128 valence electrons. The van der Waals surface area contributed by atoms with Crippen LogP contribution in [0.5, 0.6) is 5.75 Å². The molecule has 0 fully saturated rings. The Morgan fingerprint density at radius 2 is 2.08 bits per heavy atom. The maximum atomic E-state index is 12.2. The molecular formula is C18H17BrN4O2. The van der Waals surface area contributed by atoms with Crippen LogP contribution in [0.2, 0.25) is 0 Å². The van der Waals surface area contributed by atoms with Crippen molar-refractivity contribution in [3.05, 3.63) is 70.1 Å². The van der Waals surface area contributed by atoms with E-state index in [1.807, 2.05) is 26.0 Å². The summed E-state index contributed by atoms with van der Waals surface area (Å²) in [4.78, 5) is 16.3. The van der Waals surface area contributed by atoms with E-state index >= 15 is 0 Å². The van der Waals surface area contributed by atoms with Crippen LogP contribution in [0.25, 0.3) is 0 Å². The smallest absolute Gasteiger partial charge is 0.277 e. The molecule has 2 aromatic heterocycles. The van der Waals surface area contributed by atoms with Gasteiger partial charge in [-0.15, -0.1) is 0 Å². The van der Waals surface area contributed by atoms with Gasteiger partial charge >= 0.3 is 0 Å². The van der Waals surface area contributed by atoms with Crippen molar-refractivity contribution in [2.75, 3.05) is 5.32 Å². The predicted octanol–water partition coefficient (Wildman–Crippen LogP) is 3.95. The summed E-state index contributed by atoms with van der Waals surface area (Å²) in [7, 11) is 0. The Morgan fingerprint density at radius 3 is 2.80 bits per heavy atom. The van der Waals surface area contributed by atoms with Gasteiger partial charge in [0.2, 0.25) is 0 Å². The molecule has 7 heteroatoms. The van der Waals surface area contributed by atoms with Crippen molar-refractivity contribution in [3.8, 4) is 5.75 Å². The molecule has 0 aliphatic carbocycles. The SMILES string of the molecule is Cc1ccc(OCn2ccc(C(=O)Nc3ccc(Br)cn3)n2)c(C)c1. The highest BCUT2D eigenvalue weighted by atomic mass is 79.9. The Bertz CT molecular complexity index is 890. The minimum atomic E-state index is -0.319. The number of halogens is 1. The molecule has 0 bridgehead atoms. The molecule has 3 rings (SSSR count). The minimum Gasteiger partial charge on any atom is -0.471 e. The number of nitrogens with one attached hydrogen (secondary N) is 1. The van der Waals surface area contributed by atoms with E-state index in [4.69, 9.17) is 4.74 Å². The summed E-state index contributed by atoms with van der Waals surface area (Å²) in [5.41, 5.74) is 2.55. The first-order chi connectivity index (χ1) is 12.0. The Hall–Kier alpha value is -2.67. The zero-order valence-electron chi connectivity index (χ0n) is 13.9. The van der Waals surface area contributed by atoms with Crippen LogP contribution in [0.1, 0.15) is 21.6 Å². The lowest BCUT2D eigenvalue weighted by molar-refractivity contribution is 0.102. The highest BCUT2D eigenvalue weighted by Crippen LogP contribution is 2.19. The molecule has 1 amide bonds. The summed E-state index contributed by atoms with van der Waals surface area (Å²) in [6, 6.07) is 11.1. The molecular weight excluding hydrogens is 384 g/mol. The van der Waals surface area contributed by atoms with Crippen LogP contribution in [0.15, 0.2) is 53.3 Å². The zero-order valence-corrected chi connectivity index (χ0v) is 15.4. The van der Waals surface area contributed by atoms with Crippen LogP contribution in [0.3, 0.4) is 0 Å². The topological polar surface area (TPSA) is 69.0 Å². The van der Waals surface area contributed by atoms with E-state index < -0.39 is 0 Å². The molecule has 0 unspecified atom stereocenters. The third-order valence-electron chi connectivity index (χ3n) is 3.53. The number of nitrogens with zero attached hydrogens (tertiary/aromatic N) is 3. The number of hydrogen-bond acceptors (Lipinski definition) is 4. The van der Waals surface area contributed by atoms with Crippen molar-refractivity contribution < 1.29 is 9.53 Å². The summed E-state index contributed by atoms with van der Waals surface area (Å²) < 4.78 is 8.17. The molecule has 0 saturated carbocycles. The fourth-order valence-electron chi connectivity index (χ4n) is 2.28. The molecule has 3 aromatic rings. The van der Waals surface area contributed by atoms with Gasteiger partial charge in [-0.3, -0.25) is 4.79 Å². The molecule has 0 saturated heterocycles. The van der Waals surface area contributed by atoms with Gasteiger partial charge in [-0.25, -0.2) is 9.67 Å². The number of amides is 1. The van der Waals surface area contributed by atoms with E-state index in [1.54, 1.807) is 35.3 Å². The number of rotatable bonds is 5. The van der Waals surface area contributed by atoms with Crippen LogP contribution < -0.4 is 10.1 Å². The van der Waals surface area contributed by atoms with Crippen molar-refractivity contribution in [1.82, 2.24) is 14.8 Å². The van der Waals surface area contributed by atoms with Crippen LogP contribution in [0.4, 0.5) is 5.82 Å². The molecule has 0 atom stereocenters. The number of pyridine rings is 1. The Balaban J connectivity index is 1.61. The zero-order chi connectivity index (χ0) is 17.8. The normalized spacial score (nSPS) is 10.5. The van der Waals surface area contributed by atoms with Gasteiger partial charge in [-0.1, -0.05) is 17.7 Å². The highest BCUT2D eigenvalue weighted by molar-refractivity contribution is 9.10. The minimum absolute atomic E-state index is 0.230. The monoisotopic (exact) mass is 400 g/mol. The summed E-state index contributed by atoms with van der Waals surface area (Å²) >= 11 is 3.30. The number of aryl methyl sites for hydroxylation is 2. The number of ether oxygens (including phenoxy) is 1. The lowest BCUT2D eigenvalue weighted by Crippen LogP contribution is -2.15. The summed E-state index contributed by atoms with van der Waals surface area (Å²) in [6.45, 7) is 4.26. The van der Waals surface area contributed by atoms with E-state index in [9.17, 15) is 4.79 Å². The first-order valence-corrected chi connectivity index (χ1v) is 8.47. The molecule has 1 N–H and O–H groups in total. The van der Waals surface area contributed by atoms with Gasteiger partial charge < -0.3 is 10.1 Å². The Kier molecular flexibility index (Phi) is 5.14. The predicted molar refractivity (Wildman–Crippen MR) is 98.7 cm³/mol. The molecule has 1 aromatic carbocycles. The molecule has 0 spiro atoms. The van der Waals surface area contributed by atoms with E-state index in [1.165, 1.54) is 5.56 Å². The van der Waals surface area contributed by atoms with Crippen LogP contribution in [0, 0.1) is 13.8 Å². The molecule has 2 heterocycles. The second-order valence-electron chi connectivity index (χ2n) is 5.60. The first-order valence-electron chi connectivity index (χ1n) is 7.68.